The van der Waals surface area contributed by atoms with Crippen LogP contribution in [-0.2, 0) is 19.6 Å². The van der Waals surface area contributed by atoms with Crippen LogP contribution in [0.15, 0.2) is 18.2 Å². The van der Waals surface area contributed by atoms with Gasteiger partial charge in [0.05, 0.1) is 19.1 Å². The van der Waals surface area contributed by atoms with Crippen LogP contribution in [0.2, 0.25) is 0 Å². The number of methoxy groups -OCH3 is 1. The molecule has 10 nitrogen and oxygen atoms in total. The van der Waals surface area contributed by atoms with Crippen LogP contribution in [0.1, 0.15) is 40.0 Å². The van der Waals surface area contributed by atoms with Gasteiger partial charge >= 0.3 is 6.03 Å². The summed E-state index contributed by atoms with van der Waals surface area (Å²) in [6.45, 7) is 5.80. The molecule has 4 amide bonds. The minimum atomic E-state index is -3.51. The highest BCUT2D eigenvalue weighted by atomic mass is 32.2. The maximum Gasteiger partial charge on any atom is 0.325 e. The molecule has 1 spiro atoms. The molecular weight excluding hydrogens is 436 g/mol. The molecule has 0 radical (unpaired) electrons. The number of amides is 4. The molecule has 0 aromatic heterocycles. The minimum Gasteiger partial charge on any atom is -0.494 e. The summed E-state index contributed by atoms with van der Waals surface area (Å²) >= 11 is 0. The van der Waals surface area contributed by atoms with E-state index in [0.29, 0.717) is 18.5 Å². The quantitative estimate of drug-likeness (QED) is 0.550. The predicted molar refractivity (Wildman–Crippen MR) is 120 cm³/mol. The molecule has 1 aliphatic heterocycles. The number of imide groups is 1. The number of benzene rings is 1. The Morgan fingerprint density at radius 2 is 1.97 bits per heavy atom. The molecule has 11 heteroatoms. The van der Waals surface area contributed by atoms with Crippen LogP contribution in [0.4, 0.5) is 16.2 Å². The molecule has 0 unspecified atom stereocenters. The van der Waals surface area contributed by atoms with E-state index in [0.717, 1.165) is 17.6 Å². The molecule has 1 heterocycles. The van der Waals surface area contributed by atoms with E-state index in [4.69, 9.17) is 4.74 Å². The summed E-state index contributed by atoms with van der Waals surface area (Å²) in [5.74, 6) is -0.453. The lowest BCUT2D eigenvalue weighted by Gasteiger charge is -2.43. The van der Waals surface area contributed by atoms with Gasteiger partial charge in [-0.2, -0.15) is 0 Å². The van der Waals surface area contributed by atoms with Gasteiger partial charge in [0.25, 0.3) is 5.91 Å². The molecule has 1 aromatic carbocycles. The van der Waals surface area contributed by atoms with Crippen LogP contribution >= 0.6 is 0 Å². The molecule has 176 valence electrons. The number of nitrogens with zero attached hydrogens (tertiary/aromatic N) is 1. The van der Waals surface area contributed by atoms with Crippen LogP contribution in [0.3, 0.4) is 0 Å². The Kier molecular flexibility index (Phi) is 6.16. The Labute approximate surface area is 188 Å². The van der Waals surface area contributed by atoms with Crippen molar-refractivity contribution in [3.63, 3.8) is 0 Å². The fourth-order valence-corrected chi connectivity index (χ4v) is 5.61. The van der Waals surface area contributed by atoms with Gasteiger partial charge in [-0.25, -0.2) is 13.2 Å². The Hall–Kier alpha value is -2.82. The average Bonchev–Trinajstić information content (AvgIpc) is 2.83. The zero-order valence-electron chi connectivity index (χ0n) is 18.9. The van der Waals surface area contributed by atoms with E-state index in [1.54, 1.807) is 0 Å². The number of rotatable bonds is 6. The molecule has 0 bridgehead atoms. The van der Waals surface area contributed by atoms with E-state index in [1.165, 1.54) is 25.3 Å². The molecule has 2 aliphatic rings. The number of carbonyl (C=O) groups excluding carboxylic acids is 3. The Bertz CT molecular complexity index is 1050. The number of anilines is 2. The third-order valence-electron chi connectivity index (χ3n) is 5.71. The normalized spacial score (nSPS) is 24.9. The molecule has 3 N–H and O–H groups in total. The molecular formula is C21H30N4O6S. The van der Waals surface area contributed by atoms with Crippen LogP contribution in [0, 0.1) is 11.3 Å². The van der Waals surface area contributed by atoms with Crippen molar-refractivity contribution in [2.24, 2.45) is 11.3 Å². The van der Waals surface area contributed by atoms with Gasteiger partial charge in [0.15, 0.2) is 0 Å². The largest absolute Gasteiger partial charge is 0.494 e. The van der Waals surface area contributed by atoms with Gasteiger partial charge in [-0.1, -0.05) is 20.8 Å². The van der Waals surface area contributed by atoms with Gasteiger partial charge in [-0.15, -0.1) is 0 Å². The molecule has 3 rings (SSSR count). The lowest BCUT2D eigenvalue weighted by molar-refractivity contribution is -0.136. The first-order valence-electron chi connectivity index (χ1n) is 10.3. The van der Waals surface area contributed by atoms with Crippen LogP contribution in [0.25, 0.3) is 0 Å². The number of hydrogen-bond acceptors (Lipinski definition) is 6. The second-order valence-electron chi connectivity index (χ2n) is 9.60. The Balaban J connectivity index is 1.71. The summed E-state index contributed by atoms with van der Waals surface area (Å²) in [6.07, 6.45) is 3.05. The van der Waals surface area contributed by atoms with Crippen LogP contribution < -0.4 is 20.1 Å². The van der Waals surface area contributed by atoms with Crippen molar-refractivity contribution in [1.29, 1.82) is 0 Å². The number of nitrogens with one attached hydrogen (secondary N) is 3. The number of carbonyl (C=O) groups is 3. The van der Waals surface area contributed by atoms with Crippen molar-refractivity contribution >= 4 is 39.2 Å². The smallest absolute Gasteiger partial charge is 0.325 e. The molecule has 2 atom stereocenters. The van der Waals surface area contributed by atoms with E-state index in [2.05, 4.69) is 36.1 Å². The lowest BCUT2D eigenvalue weighted by Crippen LogP contribution is -2.54. The van der Waals surface area contributed by atoms with Crippen molar-refractivity contribution in [3.8, 4) is 5.75 Å². The average molecular weight is 467 g/mol. The highest BCUT2D eigenvalue weighted by Crippen LogP contribution is 2.46. The summed E-state index contributed by atoms with van der Waals surface area (Å²) < 4.78 is 30.4. The van der Waals surface area contributed by atoms with Crippen molar-refractivity contribution in [3.05, 3.63) is 18.2 Å². The number of urea groups is 1. The second kappa shape index (κ2) is 8.27. The minimum absolute atomic E-state index is 0.100. The van der Waals surface area contributed by atoms with Crippen molar-refractivity contribution in [2.45, 2.75) is 45.6 Å². The van der Waals surface area contributed by atoms with Gasteiger partial charge in [0, 0.05) is 11.8 Å². The molecule has 1 aromatic rings. The zero-order valence-corrected chi connectivity index (χ0v) is 19.8. The van der Waals surface area contributed by atoms with Crippen molar-refractivity contribution in [2.75, 3.05) is 29.9 Å². The van der Waals surface area contributed by atoms with E-state index in [-0.39, 0.29) is 28.7 Å². The highest BCUT2D eigenvalue weighted by molar-refractivity contribution is 7.92. The standard InChI is InChI=1S/C21H30N4O6S/c1-13-9-20(2,3)12-21(10-13)18(27)25(19(28)23-21)11-17(26)22-14-6-7-15(16(8-14)31-4)24-32(5,29)30/h6-8,13,24H,9-12H2,1-5H3,(H,22,26)(H,23,28)/t13-,21-/m1/s1. The van der Waals surface area contributed by atoms with Crippen molar-refractivity contribution < 1.29 is 27.5 Å². The summed E-state index contributed by atoms with van der Waals surface area (Å²) in [5, 5.41) is 5.47. The summed E-state index contributed by atoms with van der Waals surface area (Å²) in [6, 6.07) is 3.82. The fourth-order valence-electron chi connectivity index (χ4n) is 5.05. The SMILES string of the molecule is COc1cc(NC(=O)CN2C(=O)N[C@@]3(C[C@H](C)CC(C)(C)C3)C2=O)ccc1NS(C)(=O)=O. The third-order valence-corrected chi connectivity index (χ3v) is 6.30. The molecule has 32 heavy (non-hydrogen) atoms. The van der Waals surface area contributed by atoms with E-state index in [9.17, 15) is 22.8 Å². The first-order valence-corrected chi connectivity index (χ1v) is 12.2. The van der Waals surface area contributed by atoms with Gasteiger partial charge in [-0.05, 0) is 42.7 Å². The van der Waals surface area contributed by atoms with E-state index < -0.39 is 34.0 Å². The summed E-state index contributed by atoms with van der Waals surface area (Å²) in [7, 11) is -2.14. The van der Waals surface area contributed by atoms with Gasteiger partial charge in [0.2, 0.25) is 15.9 Å². The second-order valence-corrected chi connectivity index (χ2v) is 11.3. The predicted octanol–water partition coefficient (Wildman–Crippen LogP) is 2.14. The zero-order chi connectivity index (χ0) is 23.9. The Morgan fingerprint density at radius 3 is 2.56 bits per heavy atom. The summed E-state index contributed by atoms with van der Waals surface area (Å²) in [5.41, 5.74) is -0.518. The number of hydrogen-bond donors (Lipinski definition) is 3. The molecule has 1 aliphatic carbocycles. The maximum absolute atomic E-state index is 13.2. The van der Waals surface area contributed by atoms with Crippen LogP contribution in [0.5, 0.6) is 5.75 Å². The molecule has 2 fully saturated rings. The van der Waals surface area contributed by atoms with Crippen LogP contribution in [-0.4, -0.2) is 56.6 Å². The Morgan fingerprint density at radius 1 is 1.28 bits per heavy atom. The van der Waals surface area contributed by atoms with Gasteiger partial charge < -0.3 is 15.4 Å². The van der Waals surface area contributed by atoms with E-state index >= 15 is 0 Å². The van der Waals surface area contributed by atoms with Gasteiger partial charge in [-0.3, -0.25) is 19.2 Å². The highest BCUT2D eigenvalue weighted by Gasteiger charge is 2.56. The third kappa shape index (κ3) is 5.14. The monoisotopic (exact) mass is 466 g/mol. The first kappa shape index (κ1) is 23.8. The molecule has 1 saturated carbocycles. The number of sulfonamides is 1. The van der Waals surface area contributed by atoms with Gasteiger partial charge in [0.1, 0.15) is 17.8 Å². The molecule has 1 saturated heterocycles. The fraction of sp³-hybridized carbons (Fsp3) is 0.571. The lowest BCUT2D eigenvalue weighted by atomic mass is 9.64. The topological polar surface area (TPSA) is 134 Å². The summed E-state index contributed by atoms with van der Waals surface area (Å²) in [4.78, 5) is 39.3. The maximum atomic E-state index is 13.2. The number of ether oxygens (including phenoxy) is 1. The van der Waals surface area contributed by atoms with Crippen molar-refractivity contribution in [1.82, 2.24) is 10.2 Å². The van der Waals surface area contributed by atoms with E-state index in [1.807, 2.05) is 0 Å². The first-order chi connectivity index (χ1) is 14.7.